The molecular weight excluding hydrogens is 208 g/mol. The van der Waals surface area contributed by atoms with Crippen LogP contribution < -0.4 is 4.74 Å². The number of carbonyl (C=O) groups is 1. The average Bonchev–Trinajstić information content (AvgIpc) is 2.28. The lowest BCUT2D eigenvalue weighted by Gasteiger charge is -2.15. The van der Waals surface area contributed by atoms with Gasteiger partial charge in [0.1, 0.15) is 5.75 Å². The molecule has 88 valence electrons. The van der Waals surface area contributed by atoms with Gasteiger partial charge in [0.15, 0.2) is 0 Å². The summed E-state index contributed by atoms with van der Waals surface area (Å²) >= 11 is 0. The minimum atomic E-state index is -0.874. The number of carboxylic acids is 1. The predicted octanol–water partition coefficient (Wildman–Crippen LogP) is 2.25. The molecule has 1 aromatic rings. The molecule has 0 aromatic heterocycles. The van der Waals surface area contributed by atoms with Crippen LogP contribution in [0.15, 0.2) is 24.3 Å². The lowest BCUT2D eigenvalue weighted by atomic mass is 10.1. The molecular formula is C12H16O4. The zero-order chi connectivity index (χ0) is 12.0. The Bertz CT molecular complexity index is 349. The predicted molar refractivity (Wildman–Crippen MR) is 59.6 cm³/mol. The van der Waals surface area contributed by atoms with E-state index in [0.717, 1.165) is 5.56 Å². The van der Waals surface area contributed by atoms with E-state index in [-0.39, 0.29) is 6.42 Å². The van der Waals surface area contributed by atoms with Crippen molar-refractivity contribution >= 4 is 5.97 Å². The highest BCUT2D eigenvalue weighted by Gasteiger charge is 2.15. The molecule has 0 fully saturated rings. The molecule has 4 heteroatoms. The fraction of sp³-hybridized carbons (Fsp3) is 0.417. The Morgan fingerprint density at radius 1 is 1.50 bits per heavy atom. The van der Waals surface area contributed by atoms with E-state index in [0.29, 0.717) is 12.4 Å². The topological polar surface area (TPSA) is 55.8 Å². The molecule has 0 radical (unpaired) electrons. The summed E-state index contributed by atoms with van der Waals surface area (Å²) < 4.78 is 10.5. The molecule has 16 heavy (non-hydrogen) atoms. The highest BCUT2D eigenvalue weighted by atomic mass is 16.5. The first kappa shape index (κ1) is 12.5. The molecule has 0 saturated carbocycles. The molecule has 1 rings (SSSR count). The Kier molecular flexibility index (Phi) is 4.79. The van der Waals surface area contributed by atoms with Crippen molar-refractivity contribution < 1.29 is 19.4 Å². The Hall–Kier alpha value is -1.55. The van der Waals surface area contributed by atoms with Gasteiger partial charge < -0.3 is 14.6 Å². The van der Waals surface area contributed by atoms with E-state index in [2.05, 4.69) is 0 Å². The summed E-state index contributed by atoms with van der Waals surface area (Å²) in [6.07, 6.45) is -0.460. The lowest BCUT2D eigenvalue weighted by molar-refractivity contribution is -0.140. The van der Waals surface area contributed by atoms with Crippen LogP contribution in [0.3, 0.4) is 0 Å². The quantitative estimate of drug-likeness (QED) is 0.805. The molecule has 0 amide bonds. The van der Waals surface area contributed by atoms with Gasteiger partial charge in [-0.1, -0.05) is 12.1 Å². The first-order valence-corrected chi connectivity index (χ1v) is 5.14. The molecule has 0 saturated heterocycles. The molecule has 4 nitrogen and oxygen atoms in total. The number of rotatable bonds is 6. The summed E-state index contributed by atoms with van der Waals surface area (Å²) in [4.78, 5) is 10.7. The van der Waals surface area contributed by atoms with Crippen molar-refractivity contribution in [2.75, 3.05) is 13.7 Å². The van der Waals surface area contributed by atoms with Crippen molar-refractivity contribution in [1.82, 2.24) is 0 Å². The van der Waals surface area contributed by atoms with Gasteiger partial charge in [0.05, 0.1) is 19.6 Å². The number of aliphatic carboxylic acids is 1. The van der Waals surface area contributed by atoms with Crippen molar-refractivity contribution in [3.05, 3.63) is 29.8 Å². The molecule has 1 atom stereocenters. The smallest absolute Gasteiger partial charge is 0.306 e. The molecule has 0 bridgehead atoms. The van der Waals surface area contributed by atoms with E-state index < -0.39 is 12.1 Å². The largest absolute Gasteiger partial charge is 0.497 e. The first-order chi connectivity index (χ1) is 7.67. The van der Waals surface area contributed by atoms with E-state index in [9.17, 15) is 4.79 Å². The van der Waals surface area contributed by atoms with Gasteiger partial charge in [-0.25, -0.2) is 0 Å². The Morgan fingerprint density at radius 2 is 2.25 bits per heavy atom. The van der Waals surface area contributed by atoms with Crippen LogP contribution in [0, 0.1) is 0 Å². The number of methoxy groups -OCH3 is 1. The number of hydrogen-bond donors (Lipinski definition) is 1. The minimum absolute atomic E-state index is 0.0407. The average molecular weight is 224 g/mol. The number of hydrogen-bond acceptors (Lipinski definition) is 3. The van der Waals surface area contributed by atoms with Crippen LogP contribution in [0.5, 0.6) is 5.75 Å². The maximum atomic E-state index is 10.7. The van der Waals surface area contributed by atoms with Gasteiger partial charge in [0.2, 0.25) is 0 Å². The standard InChI is InChI=1S/C12H16O4/c1-3-16-11(8-12(13)14)9-5-4-6-10(7-9)15-2/h4-7,11H,3,8H2,1-2H3,(H,13,14). The molecule has 0 aliphatic heterocycles. The highest BCUT2D eigenvalue weighted by Crippen LogP contribution is 2.24. The Morgan fingerprint density at radius 3 is 2.81 bits per heavy atom. The Balaban J connectivity index is 2.86. The van der Waals surface area contributed by atoms with E-state index in [4.69, 9.17) is 14.6 Å². The van der Waals surface area contributed by atoms with Gasteiger partial charge in [0.25, 0.3) is 0 Å². The monoisotopic (exact) mass is 224 g/mol. The van der Waals surface area contributed by atoms with Crippen LogP contribution in [0.4, 0.5) is 0 Å². The third-order valence-corrected chi connectivity index (χ3v) is 2.19. The van der Waals surface area contributed by atoms with Crippen LogP contribution in [0.25, 0.3) is 0 Å². The van der Waals surface area contributed by atoms with Crippen molar-refractivity contribution in [2.45, 2.75) is 19.4 Å². The maximum Gasteiger partial charge on any atom is 0.306 e. The van der Waals surface area contributed by atoms with Gasteiger partial charge >= 0.3 is 5.97 Å². The summed E-state index contributed by atoms with van der Waals surface area (Å²) in [5.41, 5.74) is 0.823. The second kappa shape index (κ2) is 6.12. The molecule has 1 aromatic carbocycles. The number of benzene rings is 1. The summed E-state index contributed by atoms with van der Waals surface area (Å²) in [5, 5.41) is 8.79. The van der Waals surface area contributed by atoms with Crippen LogP contribution in [0.2, 0.25) is 0 Å². The third kappa shape index (κ3) is 3.55. The van der Waals surface area contributed by atoms with E-state index in [1.807, 2.05) is 25.1 Å². The fourth-order valence-electron chi connectivity index (χ4n) is 1.47. The molecule has 0 aliphatic carbocycles. The van der Waals surface area contributed by atoms with Gasteiger partial charge in [-0.05, 0) is 24.6 Å². The summed E-state index contributed by atoms with van der Waals surface area (Å²) in [6, 6.07) is 7.27. The lowest BCUT2D eigenvalue weighted by Crippen LogP contribution is -2.10. The SMILES string of the molecule is CCOC(CC(=O)O)c1cccc(OC)c1. The molecule has 1 unspecified atom stereocenters. The number of carboxylic acid groups (broad SMARTS) is 1. The minimum Gasteiger partial charge on any atom is -0.497 e. The highest BCUT2D eigenvalue weighted by molar-refractivity contribution is 5.67. The van der Waals surface area contributed by atoms with Crippen LogP contribution >= 0.6 is 0 Å². The normalized spacial score (nSPS) is 12.1. The van der Waals surface area contributed by atoms with Gasteiger partial charge in [-0.2, -0.15) is 0 Å². The van der Waals surface area contributed by atoms with Crippen LogP contribution in [0.1, 0.15) is 25.0 Å². The first-order valence-electron chi connectivity index (χ1n) is 5.14. The Labute approximate surface area is 94.8 Å². The maximum absolute atomic E-state index is 10.7. The zero-order valence-corrected chi connectivity index (χ0v) is 9.47. The van der Waals surface area contributed by atoms with Crippen molar-refractivity contribution in [1.29, 1.82) is 0 Å². The summed E-state index contributed by atoms with van der Waals surface area (Å²) in [5.74, 6) is -0.172. The summed E-state index contributed by atoms with van der Waals surface area (Å²) in [7, 11) is 1.58. The van der Waals surface area contributed by atoms with E-state index in [1.54, 1.807) is 13.2 Å². The van der Waals surface area contributed by atoms with Crippen molar-refractivity contribution in [3.63, 3.8) is 0 Å². The van der Waals surface area contributed by atoms with Crippen LogP contribution in [-0.4, -0.2) is 24.8 Å². The molecule has 0 aliphatic rings. The van der Waals surface area contributed by atoms with Gasteiger partial charge in [-0.15, -0.1) is 0 Å². The van der Waals surface area contributed by atoms with Gasteiger partial charge in [0, 0.05) is 6.61 Å². The molecule has 0 spiro atoms. The second-order valence-corrected chi connectivity index (χ2v) is 3.32. The zero-order valence-electron chi connectivity index (χ0n) is 9.47. The van der Waals surface area contributed by atoms with Crippen molar-refractivity contribution in [2.24, 2.45) is 0 Å². The van der Waals surface area contributed by atoms with Crippen LogP contribution in [-0.2, 0) is 9.53 Å². The molecule has 1 N–H and O–H groups in total. The van der Waals surface area contributed by atoms with E-state index >= 15 is 0 Å². The fourth-order valence-corrected chi connectivity index (χ4v) is 1.47. The third-order valence-electron chi connectivity index (χ3n) is 2.19. The molecule has 0 heterocycles. The number of ether oxygens (including phenoxy) is 2. The second-order valence-electron chi connectivity index (χ2n) is 3.32. The van der Waals surface area contributed by atoms with Gasteiger partial charge in [-0.3, -0.25) is 4.79 Å². The van der Waals surface area contributed by atoms with Crippen molar-refractivity contribution in [3.8, 4) is 5.75 Å². The summed E-state index contributed by atoms with van der Waals surface area (Å²) in [6.45, 7) is 2.32. The van der Waals surface area contributed by atoms with E-state index in [1.165, 1.54) is 0 Å².